The number of tetrazole rings is 1. The van der Waals surface area contributed by atoms with E-state index in [9.17, 15) is 9.18 Å². The van der Waals surface area contributed by atoms with Crippen LogP contribution in [-0.2, 0) is 13.1 Å². The van der Waals surface area contributed by atoms with Gasteiger partial charge >= 0.3 is 0 Å². The molecule has 0 saturated carbocycles. The van der Waals surface area contributed by atoms with Crippen LogP contribution in [0, 0.1) is 5.82 Å². The molecular formula is C21H18FN9O3. The normalized spacial score (nSPS) is 11.1. The number of halogens is 1. The number of rotatable bonds is 7. The monoisotopic (exact) mass is 463 g/mol. The molecule has 0 aliphatic heterocycles. The zero-order valence-corrected chi connectivity index (χ0v) is 18.1. The van der Waals surface area contributed by atoms with Crippen molar-refractivity contribution in [2.75, 3.05) is 14.2 Å². The summed E-state index contributed by atoms with van der Waals surface area (Å²) >= 11 is 0. The van der Waals surface area contributed by atoms with Crippen LogP contribution in [0.1, 0.15) is 11.4 Å². The van der Waals surface area contributed by atoms with E-state index < -0.39 is 5.56 Å². The first kappa shape index (κ1) is 21.2. The molecule has 0 fully saturated rings. The van der Waals surface area contributed by atoms with E-state index in [1.807, 2.05) is 0 Å². The van der Waals surface area contributed by atoms with Gasteiger partial charge in [-0.1, -0.05) is 17.3 Å². The maximum atomic E-state index is 13.2. The lowest BCUT2D eigenvalue weighted by Crippen LogP contribution is -2.16. The second-order valence-corrected chi connectivity index (χ2v) is 7.27. The number of benzene rings is 2. The van der Waals surface area contributed by atoms with Crippen LogP contribution in [0.5, 0.6) is 11.5 Å². The molecule has 3 aromatic heterocycles. The summed E-state index contributed by atoms with van der Waals surface area (Å²) in [5, 5.41) is 20.4. The number of ether oxygens (including phenoxy) is 2. The van der Waals surface area contributed by atoms with E-state index in [2.05, 4.69) is 35.7 Å². The second-order valence-electron chi connectivity index (χ2n) is 7.27. The smallest absolute Gasteiger partial charge is 0.281 e. The summed E-state index contributed by atoms with van der Waals surface area (Å²) in [6.45, 7) is 0.0310. The molecule has 0 atom stereocenters. The number of aromatic nitrogens is 9. The van der Waals surface area contributed by atoms with Gasteiger partial charge in [0.2, 0.25) is 5.82 Å². The Balaban J connectivity index is 1.42. The van der Waals surface area contributed by atoms with Gasteiger partial charge in [0, 0.05) is 12.0 Å². The van der Waals surface area contributed by atoms with Crippen LogP contribution in [0.2, 0.25) is 0 Å². The van der Waals surface area contributed by atoms with E-state index in [-0.39, 0.29) is 23.6 Å². The highest BCUT2D eigenvalue weighted by molar-refractivity contribution is 5.68. The Morgan fingerprint density at radius 2 is 1.79 bits per heavy atom. The van der Waals surface area contributed by atoms with E-state index in [1.165, 1.54) is 21.6 Å². The van der Waals surface area contributed by atoms with E-state index in [0.717, 1.165) is 5.56 Å². The van der Waals surface area contributed by atoms with Gasteiger partial charge in [-0.3, -0.25) is 4.79 Å². The van der Waals surface area contributed by atoms with Gasteiger partial charge in [-0.2, -0.15) is 0 Å². The molecular weight excluding hydrogens is 445 g/mol. The Morgan fingerprint density at radius 3 is 2.56 bits per heavy atom. The Kier molecular flexibility index (Phi) is 5.41. The number of nitrogens with zero attached hydrogens (tertiary/aromatic N) is 8. The van der Waals surface area contributed by atoms with E-state index >= 15 is 0 Å². The summed E-state index contributed by atoms with van der Waals surface area (Å²) < 4.78 is 25.1. The topological polar surface area (TPSA) is 139 Å². The maximum absolute atomic E-state index is 13.2. The van der Waals surface area contributed by atoms with Crippen LogP contribution < -0.4 is 15.0 Å². The summed E-state index contributed by atoms with van der Waals surface area (Å²) in [5.41, 5.74) is 1.41. The third-order valence-electron chi connectivity index (χ3n) is 5.06. The molecule has 0 aliphatic carbocycles. The highest BCUT2D eigenvalue weighted by Crippen LogP contribution is 2.30. The molecule has 0 saturated heterocycles. The molecule has 5 aromatic rings. The lowest BCUT2D eigenvalue weighted by Gasteiger charge is -2.07. The fraction of sp³-hybridized carbons (Fsp3) is 0.190. The second kappa shape index (κ2) is 8.69. The minimum absolute atomic E-state index is 0.0310. The summed E-state index contributed by atoms with van der Waals surface area (Å²) in [4.78, 5) is 20.9. The molecule has 5 rings (SSSR count). The van der Waals surface area contributed by atoms with Crippen LogP contribution in [0.15, 0.2) is 47.3 Å². The summed E-state index contributed by atoms with van der Waals surface area (Å²) in [5.74, 6) is 1.55. The average molecular weight is 463 g/mol. The van der Waals surface area contributed by atoms with Crippen LogP contribution >= 0.6 is 0 Å². The van der Waals surface area contributed by atoms with Gasteiger partial charge in [-0.15, -0.1) is 20.1 Å². The van der Waals surface area contributed by atoms with E-state index in [0.29, 0.717) is 35.1 Å². The standard InChI is InChI=1S/C21H18FN9O3/c1-33-15-8-5-13(10-16(15)34-2)19-26-29-31(27-19)11-30-20-18(25-28-30)21(32)24-17(23-20)9-12-3-6-14(22)7-4-12/h3-8,10H,9,11H2,1-2H3,(H,23,24,32). The summed E-state index contributed by atoms with van der Waals surface area (Å²) in [6.07, 6.45) is 0.307. The predicted octanol–water partition coefficient (Wildman–Crippen LogP) is 1.42. The van der Waals surface area contributed by atoms with Gasteiger partial charge in [0.15, 0.2) is 29.3 Å². The molecule has 0 aliphatic rings. The van der Waals surface area contributed by atoms with Gasteiger partial charge in [0.05, 0.1) is 14.2 Å². The van der Waals surface area contributed by atoms with Crippen molar-refractivity contribution in [3.05, 3.63) is 70.0 Å². The van der Waals surface area contributed by atoms with E-state index in [1.54, 1.807) is 44.6 Å². The molecule has 1 N–H and O–H groups in total. The average Bonchev–Trinajstić information content (AvgIpc) is 3.48. The maximum Gasteiger partial charge on any atom is 0.281 e. The van der Waals surface area contributed by atoms with Crippen LogP contribution in [-0.4, -0.2) is 59.4 Å². The first-order valence-corrected chi connectivity index (χ1v) is 10.1. The molecule has 0 spiro atoms. The molecule has 0 unspecified atom stereocenters. The number of methoxy groups -OCH3 is 2. The molecule has 0 amide bonds. The summed E-state index contributed by atoms with van der Waals surface area (Å²) in [6, 6.07) is 11.2. The molecule has 12 nitrogen and oxygen atoms in total. The minimum atomic E-state index is -0.425. The van der Waals surface area contributed by atoms with Gasteiger partial charge < -0.3 is 14.5 Å². The van der Waals surface area contributed by atoms with Crippen LogP contribution in [0.3, 0.4) is 0 Å². The van der Waals surface area contributed by atoms with Gasteiger partial charge in [0.25, 0.3) is 5.56 Å². The first-order valence-electron chi connectivity index (χ1n) is 10.1. The van der Waals surface area contributed by atoms with Crippen LogP contribution in [0.25, 0.3) is 22.6 Å². The van der Waals surface area contributed by atoms with Gasteiger partial charge in [-0.25, -0.2) is 14.1 Å². The predicted molar refractivity (Wildman–Crippen MR) is 117 cm³/mol. The third kappa shape index (κ3) is 4.05. The van der Waals surface area contributed by atoms with Crippen molar-refractivity contribution >= 4 is 11.2 Å². The fourth-order valence-electron chi connectivity index (χ4n) is 3.40. The summed E-state index contributed by atoms with van der Waals surface area (Å²) in [7, 11) is 3.10. The zero-order chi connectivity index (χ0) is 23.7. The largest absolute Gasteiger partial charge is 0.493 e. The van der Waals surface area contributed by atoms with Crippen molar-refractivity contribution in [1.29, 1.82) is 0 Å². The molecule has 34 heavy (non-hydrogen) atoms. The van der Waals surface area contributed by atoms with Crippen molar-refractivity contribution in [1.82, 2.24) is 45.2 Å². The SMILES string of the molecule is COc1ccc(-c2nnn(Cn3nnc4c(=O)[nH]c(Cc5ccc(F)cc5)nc43)n2)cc1OC. The van der Waals surface area contributed by atoms with E-state index in [4.69, 9.17) is 9.47 Å². The first-order chi connectivity index (χ1) is 16.5. The number of hydrogen-bond donors (Lipinski definition) is 1. The Bertz CT molecular complexity index is 1530. The quantitative estimate of drug-likeness (QED) is 0.380. The van der Waals surface area contributed by atoms with Crippen molar-refractivity contribution < 1.29 is 13.9 Å². The third-order valence-corrected chi connectivity index (χ3v) is 5.06. The Labute approximate surface area is 191 Å². The zero-order valence-electron chi connectivity index (χ0n) is 18.1. The van der Waals surface area contributed by atoms with Crippen molar-refractivity contribution in [3.8, 4) is 22.9 Å². The number of aromatic amines is 1. The molecule has 172 valence electrons. The van der Waals surface area contributed by atoms with Gasteiger partial charge in [0.1, 0.15) is 11.6 Å². The van der Waals surface area contributed by atoms with Crippen molar-refractivity contribution in [3.63, 3.8) is 0 Å². The number of hydrogen-bond acceptors (Lipinski definition) is 9. The highest BCUT2D eigenvalue weighted by atomic mass is 19.1. The van der Waals surface area contributed by atoms with Crippen molar-refractivity contribution in [2.45, 2.75) is 13.1 Å². The fourth-order valence-corrected chi connectivity index (χ4v) is 3.40. The molecule has 2 aromatic carbocycles. The van der Waals surface area contributed by atoms with Crippen molar-refractivity contribution in [2.24, 2.45) is 0 Å². The lowest BCUT2D eigenvalue weighted by atomic mass is 10.1. The van der Waals surface area contributed by atoms with Crippen LogP contribution in [0.4, 0.5) is 4.39 Å². The molecule has 13 heteroatoms. The molecule has 0 radical (unpaired) electrons. The molecule has 0 bridgehead atoms. The minimum Gasteiger partial charge on any atom is -0.493 e. The Morgan fingerprint density at radius 1 is 1.00 bits per heavy atom. The number of fused-ring (bicyclic) bond motifs is 1. The number of nitrogens with one attached hydrogen (secondary N) is 1. The van der Waals surface area contributed by atoms with Gasteiger partial charge in [-0.05, 0) is 41.1 Å². The number of H-pyrrole nitrogens is 1. The lowest BCUT2D eigenvalue weighted by molar-refractivity contribution is 0.355. The Hall–Kier alpha value is -4.68. The molecule has 3 heterocycles. The highest BCUT2D eigenvalue weighted by Gasteiger charge is 2.15.